The van der Waals surface area contributed by atoms with Crippen molar-refractivity contribution in [3.05, 3.63) is 75.6 Å². The van der Waals surface area contributed by atoms with E-state index in [-0.39, 0.29) is 9.92 Å². The number of fused-ring (bicyclic) bond motifs is 1. The zero-order valence-electron chi connectivity index (χ0n) is 14.3. The summed E-state index contributed by atoms with van der Waals surface area (Å²) >= 11 is 11.8. The van der Waals surface area contributed by atoms with Crippen LogP contribution in [0.4, 0.5) is 11.4 Å². The molecule has 3 aromatic rings. The predicted molar refractivity (Wildman–Crippen MR) is 108 cm³/mol. The monoisotopic (exact) mass is 436 g/mol. The Morgan fingerprint density at radius 1 is 1.11 bits per heavy atom. The van der Waals surface area contributed by atoms with Gasteiger partial charge in [0, 0.05) is 16.4 Å². The first-order valence-corrected chi connectivity index (χ1v) is 10.3. The van der Waals surface area contributed by atoms with E-state index in [4.69, 9.17) is 33.4 Å². The maximum atomic E-state index is 12.6. The normalized spacial score (nSPS) is 13.8. The number of furan rings is 1. The fourth-order valence-electron chi connectivity index (χ4n) is 2.81. The van der Waals surface area contributed by atoms with Gasteiger partial charge in [-0.25, -0.2) is 13.4 Å². The van der Waals surface area contributed by atoms with Crippen LogP contribution in [0, 0.1) is 0 Å². The summed E-state index contributed by atoms with van der Waals surface area (Å²) < 4.78 is 32.9. The van der Waals surface area contributed by atoms with E-state index in [1.165, 1.54) is 24.5 Å². The van der Waals surface area contributed by atoms with E-state index in [9.17, 15) is 8.42 Å². The summed E-state index contributed by atoms with van der Waals surface area (Å²) in [6.45, 7) is 0.303. The molecule has 0 spiro atoms. The third-order valence-electron chi connectivity index (χ3n) is 4.18. The highest BCUT2D eigenvalue weighted by Gasteiger charge is 2.19. The summed E-state index contributed by atoms with van der Waals surface area (Å²) in [5, 5.41) is 1.12. The number of rotatable bonds is 4. The second-order valence-corrected chi connectivity index (χ2v) is 8.47. The quantitative estimate of drug-likeness (QED) is 0.653. The lowest BCUT2D eigenvalue weighted by Gasteiger charge is -2.24. The molecule has 7 nitrogen and oxygen atoms in total. The van der Waals surface area contributed by atoms with Gasteiger partial charge in [-0.15, -0.1) is 0 Å². The summed E-state index contributed by atoms with van der Waals surface area (Å²) in [5.41, 5.74) is 7.84. The van der Waals surface area contributed by atoms with Gasteiger partial charge in [0.15, 0.2) is 0 Å². The van der Waals surface area contributed by atoms with Gasteiger partial charge in [-0.05, 0) is 48.5 Å². The summed E-state index contributed by atoms with van der Waals surface area (Å²) in [6.07, 6.45) is 1.53. The second kappa shape index (κ2) is 7.05. The summed E-state index contributed by atoms with van der Waals surface area (Å²) in [6, 6.07) is 12.7. The van der Waals surface area contributed by atoms with Crippen molar-refractivity contribution in [1.29, 1.82) is 0 Å². The molecule has 0 unspecified atom stereocenters. The molecule has 10 heteroatoms. The van der Waals surface area contributed by atoms with Crippen molar-refractivity contribution in [1.82, 2.24) is 0 Å². The SMILES string of the molecule is NC1=c2ccoc2=NCN1c1ccc(NS(=O)(=O)c2ccc(Cl)cc2Cl)cc1. The molecule has 28 heavy (non-hydrogen) atoms. The van der Waals surface area contributed by atoms with Gasteiger partial charge >= 0.3 is 0 Å². The average Bonchev–Trinajstić information content (AvgIpc) is 3.12. The van der Waals surface area contributed by atoms with Crippen LogP contribution in [0.1, 0.15) is 0 Å². The summed E-state index contributed by atoms with van der Waals surface area (Å²) in [7, 11) is -3.86. The average molecular weight is 437 g/mol. The van der Waals surface area contributed by atoms with E-state index in [0.717, 1.165) is 5.69 Å². The Kier molecular flexibility index (Phi) is 4.70. The molecule has 1 aliphatic heterocycles. The summed E-state index contributed by atoms with van der Waals surface area (Å²) in [4.78, 5) is 6.07. The molecule has 2 aromatic carbocycles. The van der Waals surface area contributed by atoms with Gasteiger partial charge in [-0.3, -0.25) is 4.72 Å². The van der Waals surface area contributed by atoms with Gasteiger partial charge in [-0.1, -0.05) is 23.2 Å². The van der Waals surface area contributed by atoms with E-state index < -0.39 is 10.0 Å². The predicted octanol–water partition coefficient (Wildman–Crippen LogP) is 2.51. The topological polar surface area (TPSA) is 101 Å². The smallest absolute Gasteiger partial charge is 0.263 e. The molecular formula is C18H14Cl2N4O3S. The van der Waals surface area contributed by atoms with E-state index >= 15 is 0 Å². The minimum Gasteiger partial charge on any atom is -0.446 e. The Morgan fingerprint density at radius 2 is 1.86 bits per heavy atom. The Labute approximate surface area is 170 Å². The lowest BCUT2D eigenvalue weighted by atomic mass is 10.2. The van der Waals surface area contributed by atoms with Crippen molar-refractivity contribution in [3.8, 4) is 0 Å². The van der Waals surface area contributed by atoms with Crippen molar-refractivity contribution < 1.29 is 12.8 Å². The standard InChI is InChI=1S/C18H14Cl2N4O3S/c19-11-1-6-16(15(20)9-11)28(25,26)23-12-2-4-13(5-3-12)24-10-22-18-14(17(24)21)7-8-27-18/h1-9,23H,10,21H2. The first kappa shape index (κ1) is 18.7. The van der Waals surface area contributed by atoms with Crippen LogP contribution in [0.25, 0.3) is 5.82 Å². The van der Waals surface area contributed by atoms with Crippen LogP contribution in [0.5, 0.6) is 0 Å². The molecule has 0 radical (unpaired) electrons. The highest BCUT2D eigenvalue weighted by Crippen LogP contribution is 2.27. The van der Waals surface area contributed by atoms with E-state index in [1.54, 1.807) is 35.2 Å². The van der Waals surface area contributed by atoms with Gasteiger partial charge in [0.2, 0.25) is 5.55 Å². The van der Waals surface area contributed by atoms with Gasteiger partial charge < -0.3 is 15.1 Å². The highest BCUT2D eigenvalue weighted by molar-refractivity contribution is 7.92. The molecular weight excluding hydrogens is 423 g/mol. The number of halogens is 2. The van der Waals surface area contributed by atoms with E-state index in [1.807, 2.05) is 0 Å². The molecule has 4 rings (SSSR count). The van der Waals surface area contributed by atoms with Crippen LogP contribution >= 0.6 is 23.2 Å². The number of hydrogen-bond donors (Lipinski definition) is 2. The molecule has 144 valence electrons. The van der Waals surface area contributed by atoms with Crippen LogP contribution in [-0.4, -0.2) is 15.1 Å². The van der Waals surface area contributed by atoms with Gasteiger partial charge in [-0.2, -0.15) is 0 Å². The number of sulfonamides is 1. The second-order valence-electron chi connectivity index (χ2n) is 5.98. The molecule has 0 aliphatic carbocycles. The number of nitrogens with one attached hydrogen (secondary N) is 1. The Morgan fingerprint density at radius 3 is 2.57 bits per heavy atom. The third-order valence-corrected chi connectivity index (χ3v) is 6.28. The number of nitrogens with two attached hydrogens (primary N) is 1. The van der Waals surface area contributed by atoms with Crippen molar-refractivity contribution in [3.63, 3.8) is 0 Å². The first-order valence-electron chi connectivity index (χ1n) is 8.08. The maximum absolute atomic E-state index is 12.6. The minimum absolute atomic E-state index is 0.0461. The van der Waals surface area contributed by atoms with Crippen LogP contribution < -0.4 is 26.1 Å². The number of hydrogen-bond acceptors (Lipinski definition) is 6. The largest absolute Gasteiger partial charge is 0.446 e. The Balaban J connectivity index is 1.59. The zero-order valence-corrected chi connectivity index (χ0v) is 16.6. The van der Waals surface area contributed by atoms with Gasteiger partial charge in [0.25, 0.3) is 10.0 Å². The third kappa shape index (κ3) is 3.42. The lowest BCUT2D eigenvalue weighted by molar-refractivity contribution is 0.500. The Hall–Kier alpha value is -2.68. The Bertz CT molecular complexity index is 1270. The fourth-order valence-corrected chi connectivity index (χ4v) is 4.64. The molecule has 2 heterocycles. The van der Waals surface area contributed by atoms with Crippen LogP contribution in [0.15, 0.2) is 69.1 Å². The minimum atomic E-state index is -3.86. The molecule has 0 saturated carbocycles. The van der Waals surface area contributed by atoms with E-state index in [0.29, 0.717) is 34.0 Å². The van der Waals surface area contributed by atoms with Crippen molar-refractivity contribution in [2.45, 2.75) is 4.90 Å². The summed E-state index contributed by atoms with van der Waals surface area (Å²) in [5.74, 6) is 0.514. The molecule has 1 aromatic heterocycles. The molecule has 0 amide bonds. The van der Waals surface area contributed by atoms with Crippen molar-refractivity contribution in [2.75, 3.05) is 16.3 Å². The molecule has 1 aliphatic rings. The van der Waals surface area contributed by atoms with E-state index in [2.05, 4.69) is 9.71 Å². The lowest BCUT2D eigenvalue weighted by Crippen LogP contribution is -2.42. The zero-order chi connectivity index (χ0) is 19.9. The number of nitrogens with zero attached hydrogens (tertiary/aromatic N) is 2. The molecule has 0 atom stereocenters. The van der Waals surface area contributed by atoms with Crippen molar-refractivity contribution >= 4 is 50.4 Å². The van der Waals surface area contributed by atoms with Gasteiger partial charge in [0.1, 0.15) is 17.4 Å². The van der Waals surface area contributed by atoms with Gasteiger partial charge in [0.05, 0.1) is 16.5 Å². The molecule has 0 fully saturated rings. The molecule has 0 saturated heterocycles. The van der Waals surface area contributed by atoms with Crippen LogP contribution in [0.2, 0.25) is 10.0 Å². The molecule has 3 N–H and O–H groups in total. The molecule has 0 bridgehead atoms. The maximum Gasteiger partial charge on any atom is 0.263 e. The first-order chi connectivity index (χ1) is 13.3. The van der Waals surface area contributed by atoms with Crippen LogP contribution in [0.3, 0.4) is 0 Å². The fraction of sp³-hybridized carbons (Fsp3) is 0.0556. The van der Waals surface area contributed by atoms with Crippen molar-refractivity contribution in [2.24, 2.45) is 10.7 Å². The highest BCUT2D eigenvalue weighted by atomic mass is 35.5. The van der Waals surface area contributed by atoms with Crippen LogP contribution in [-0.2, 0) is 10.0 Å². The number of benzene rings is 2. The number of anilines is 2.